The molecule has 0 spiro atoms. The maximum absolute atomic E-state index is 7.21. The van der Waals surface area contributed by atoms with Gasteiger partial charge in [0.1, 0.15) is 0 Å². The number of hydrogen-bond acceptors (Lipinski definition) is 2. The molecule has 0 amide bonds. The van der Waals surface area contributed by atoms with Crippen LogP contribution in [-0.4, -0.2) is 11.2 Å². The van der Waals surface area contributed by atoms with E-state index in [0.717, 1.165) is 27.6 Å². The second kappa shape index (κ2) is 18.6. The van der Waals surface area contributed by atoms with Crippen LogP contribution in [0.1, 0.15) is 65.2 Å². The highest BCUT2D eigenvalue weighted by Crippen LogP contribution is 2.17. The van der Waals surface area contributed by atoms with Gasteiger partial charge < -0.3 is 16.1 Å². The van der Waals surface area contributed by atoms with Crippen LogP contribution in [0.15, 0.2) is 85.5 Å². The number of aromatic nitrogens is 1. The predicted octanol–water partition coefficient (Wildman–Crippen LogP) is 7.67. The Morgan fingerprint density at radius 1 is 1.03 bits per heavy atom. The SMILES string of the molecule is C/C=c1\c(=C/C)[nH]c2cc(C=N)ccc12.C=C(C)C.C=C/C=C(\C=C/C)c1cccc(CN)c1.CC. The summed E-state index contributed by atoms with van der Waals surface area (Å²) in [4.78, 5) is 3.35. The Hall–Kier alpha value is -3.69. The zero-order valence-electron chi connectivity index (χ0n) is 23.3. The number of aromatic amines is 1. The predicted molar refractivity (Wildman–Crippen MR) is 165 cm³/mol. The average Bonchev–Trinajstić information content (AvgIpc) is 3.26. The fraction of sp³-hybridized carbons (Fsp3) is 0.242. The standard InChI is InChI=1S/C14H17N.C13H14N2.C4H8.C2H6/c1-3-6-13(7-4-2)14-9-5-8-12(10-14)11-15;1-3-10-11-6-5-9(8-14)7-13(11)15-12(10)4-2;1-4(2)3;1-2/h3-10H,1,11,15H2,2H3;3-8,14-15H,1-2H3;1H2,2-3H3;1-2H3/b7-4-,13-6+;10-3-,12-4+,14-8?;;. The molecule has 0 bridgehead atoms. The van der Waals surface area contributed by atoms with Crippen molar-refractivity contribution in [3.05, 3.63) is 113 Å². The molecule has 0 fully saturated rings. The Bertz CT molecular complexity index is 1280. The van der Waals surface area contributed by atoms with Crippen LogP contribution in [0.5, 0.6) is 0 Å². The maximum Gasteiger partial charge on any atom is 0.0471 e. The fourth-order valence-corrected chi connectivity index (χ4v) is 3.32. The molecule has 0 unspecified atom stereocenters. The third kappa shape index (κ3) is 10.7. The van der Waals surface area contributed by atoms with E-state index in [4.69, 9.17) is 11.1 Å². The summed E-state index contributed by atoms with van der Waals surface area (Å²) in [6.07, 6.45) is 13.4. The number of H-pyrrole nitrogens is 1. The Balaban J connectivity index is 0.000000560. The van der Waals surface area contributed by atoms with Crippen LogP contribution >= 0.6 is 0 Å². The molecule has 0 saturated carbocycles. The molecule has 0 aliphatic carbocycles. The van der Waals surface area contributed by atoms with Gasteiger partial charge in [-0.1, -0.05) is 92.8 Å². The van der Waals surface area contributed by atoms with E-state index < -0.39 is 0 Å². The van der Waals surface area contributed by atoms with E-state index in [-0.39, 0.29) is 0 Å². The van der Waals surface area contributed by atoms with Crippen molar-refractivity contribution >= 4 is 34.8 Å². The maximum atomic E-state index is 7.21. The minimum absolute atomic E-state index is 0.574. The molecule has 4 N–H and O–H groups in total. The highest BCUT2D eigenvalue weighted by atomic mass is 14.7. The van der Waals surface area contributed by atoms with Crippen LogP contribution < -0.4 is 16.3 Å². The lowest BCUT2D eigenvalue weighted by molar-refractivity contribution is 1.07. The molecule has 1 heterocycles. The average molecular weight is 484 g/mol. The molecular formula is C33H45N3. The van der Waals surface area contributed by atoms with E-state index in [1.54, 1.807) is 6.08 Å². The van der Waals surface area contributed by atoms with Gasteiger partial charge in [0.2, 0.25) is 0 Å². The van der Waals surface area contributed by atoms with Gasteiger partial charge in [0.25, 0.3) is 0 Å². The highest BCUT2D eigenvalue weighted by Gasteiger charge is 1.99. The van der Waals surface area contributed by atoms with Crippen molar-refractivity contribution in [3.63, 3.8) is 0 Å². The number of hydrogen-bond donors (Lipinski definition) is 3. The second-order valence-corrected chi connectivity index (χ2v) is 7.95. The topological polar surface area (TPSA) is 65.7 Å². The third-order valence-electron chi connectivity index (χ3n) is 4.78. The van der Waals surface area contributed by atoms with Gasteiger partial charge in [0.15, 0.2) is 0 Å². The molecule has 192 valence electrons. The minimum atomic E-state index is 0.574. The van der Waals surface area contributed by atoms with Crippen LogP contribution in [0.2, 0.25) is 0 Å². The lowest BCUT2D eigenvalue weighted by atomic mass is 10.0. The van der Waals surface area contributed by atoms with E-state index in [2.05, 4.69) is 54.6 Å². The van der Waals surface area contributed by atoms with E-state index in [1.165, 1.54) is 28.0 Å². The Morgan fingerprint density at radius 2 is 1.69 bits per heavy atom. The van der Waals surface area contributed by atoms with Crippen molar-refractivity contribution in [3.8, 4) is 0 Å². The normalized spacial score (nSPS) is 11.6. The van der Waals surface area contributed by atoms with Crippen LogP contribution in [0.25, 0.3) is 28.6 Å². The highest BCUT2D eigenvalue weighted by molar-refractivity contribution is 5.88. The first-order valence-corrected chi connectivity index (χ1v) is 12.5. The van der Waals surface area contributed by atoms with Gasteiger partial charge in [-0.3, -0.25) is 0 Å². The summed E-state index contributed by atoms with van der Waals surface area (Å²) in [6.45, 7) is 21.9. The number of nitrogens with one attached hydrogen (secondary N) is 2. The van der Waals surface area contributed by atoms with Crippen molar-refractivity contribution in [2.24, 2.45) is 5.73 Å². The van der Waals surface area contributed by atoms with Gasteiger partial charge in [0, 0.05) is 34.2 Å². The van der Waals surface area contributed by atoms with Gasteiger partial charge in [-0.2, -0.15) is 0 Å². The quantitative estimate of drug-likeness (QED) is 0.195. The first-order valence-electron chi connectivity index (χ1n) is 12.5. The zero-order chi connectivity index (χ0) is 27.5. The van der Waals surface area contributed by atoms with Gasteiger partial charge in [0.05, 0.1) is 0 Å². The molecule has 0 aliphatic rings. The summed E-state index contributed by atoms with van der Waals surface area (Å²) >= 11 is 0. The molecule has 0 atom stereocenters. The van der Waals surface area contributed by atoms with Crippen LogP contribution in [0.4, 0.5) is 0 Å². The molecule has 36 heavy (non-hydrogen) atoms. The molecule has 2 aromatic carbocycles. The fourth-order valence-electron chi connectivity index (χ4n) is 3.32. The minimum Gasteiger partial charge on any atom is -0.355 e. The molecular weight excluding hydrogens is 438 g/mol. The van der Waals surface area contributed by atoms with Gasteiger partial charge in [-0.05, 0) is 69.0 Å². The smallest absolute Gasteiger partial charge is 0.0471 e. The van der Waals surface area contributed by atoms with Crippen molar-refractivity contribution in [1.29, 1.82) is 5.41 Å². The summed E-state index contributed by atoms with van der Waals surface area (Å²) in [5, 5.41) is 10.8. The molecule has 0 radical (unpaired) electrons. The number of fused-ring (bicyclic) bond motifs is 1. The van der Waals surface area contributed by atoms with Crippen LogP contribution in [0, 0.1) is 5.41 Å². The summed E-state index contributed by atoms with van der Waals surface area (Å²) in [5.41, 5.74) is 12.3. The van der Waals surface area contributed by atoms with Gasteiger partial charge in [-0.25, -0.2) is 0 Å². The van der Waals surface area contributed by atoms with E-state index >= 15 is 0 Å². The Kier molecular flexibility index (Phi) is 16.7. The molecule has 1 aromatic heterocycles. The van der Waals surface area contributed by atoms with E-state index in [1.807, 2.05) is 84.9 Å². The van der Waals surface area contributed by atoms with Gasteiger partial charge in [-0.15, -0.1) is 6.58 Å². The lowest BCUT2D eigenvalue weighted by Crippen LogP contribution is -2.21. The Morgan fingerprint density at radius 3 is 2.19 bits per heavy atom. The Labute approximate surface area is 218 Å². The summed E-state index contributed by atoms with van der Waals surface area (Å²) in [6, 6.07) is 14.3. The van der Waals surface area contributed by atoms with Crippen molar-refractivity contribution in [2.45, 2.75) is 55.0 Å². The number of nitrogens with two attached hydrogens (primary N) is 1. The summed E-state index contributed by atoms with van der Waals surface area (Å²) in [7, 11) is 0. The largest absolute Gasteiger partial charge is 0.355 e. The molecule has 3 nitrogen and oxygen atoms in total. The van der Waals surface area contributed by atoms with Crippen molar-refractivity contribution in [1.82, 2.24) is 4.98 Å². The van der Waals surface area contributed by atoms with Crippen LogP contribution in [-0.2, 0) is 6.54 Å². The first kappa shape index (κ1) is 32.3. The summed E-state index contributed by atoms with van der Waals surface area (Å²) < 4.78 is 0. The number of rotatable bonds is 5. The molecule has 3 aromatic rings. The molecule has 3 rings (SSSR count). The van der Waals surface area contributed by atoms with Crippen molar-refractivity contribution in [2.75, 3.05) is 0 Å². The summed E-state index contributed by atoms with van der Waals surface area (Å²) in [5.74, 6) is 0. The molecule has 3 heteroatoms. The third-order valence-corrected chi connectivity index (χ3v) is 4.78. The van der Waals surface area contributed by atoms with Gasteiger partial charge >= 0.3 is 0 Å². The monoisotopic (exact) mass is 483 g/mol. The first-order chi connectivity index (χ1) is 17.3. The number of allylic oxidation sites excluding steroid dienone is 6. The van der Waals surface area contributed by atoms with Crippen molar-refractivity contribution < 1.29 is 0 Å². The van der Waals surface area contributed by atoms with E-state index in [0.29, 0.717) is 6.54 Å². The lowest BCUT2D eigenvalue weighted by Gasteiger charge is -2.04. The number of benzene rings is 2. The molecule has 0 saturated heterocycles. The zero-order valence-corrected chi connectivity index (χ0v) is 23.3. The van der Waals surface area contributed by atoms with Crippen LogP contribution in [0.3, 0.4) is 0 Å². The second-order valence-electron chi connectivity index (χ2n) is 7.95. The van der Waals surface area contributed by atoms with E-state index in [9.17, 15) is 0 Å². The molecule has 0 aliphatic heterocycles.